The number of alkyl carbamates (subject to hydrolysis) is 1. The van der Waals surface area contributed by atoms with Crippen LogP contribution in [0.5, 0.6) is 0 Å². The van der Waals surface area contributed by atoms with Gasteiger partial charge in [0.1, 0.15) is 17.7 Å². The van der Waals surface area contributed by atoms with Gasteiger partial charge in [-0.05, 0) is 110 Å². The molecule has 4 heterocycles. The summed E-state index contributed by atoms with van der Waals surface area (Å²) in [6.45, 7) is 7.53. The first-order valence-corrected chi connectivity index (χ1v) is 20.7. The number of fused-ring (bicyclic) bond motifs is 1. The van der Waals surface area contributed by atoms with E-state index in [4.69, 9.17) is 14.7 Å². The minimum atomic E-state index is -0.676. The second-order valence-electron chi connectivity index (χ2n) is 17.9. The van der Waals surface area contributed by atoms with E-state index in [9.17, 15) is 14.4 Å². The Bertz CT molecular complexity index is 2230. The molecule has 2 saturated heterocycles. The van der Waals surface area contributed by atoms with E-state index in [2.05, 4.69) is 45.0 Å². The van der Waals surface area contributed by atoms with Gasteiger partial charge in [0, 0.05) is 30.1 Å². The van der Waals surface area contributed by atoms with E-state index >= 15 is 0 Å². The Morgan fingerprint density at radius 2 is 1.38 bits per heavy atom. The molecule has 0 bridgehead atoms. The van der Waals surface area contributed by atoms with Crippen LogP contribution in [-0.2, 0) is 14.3 Å². The number of nitrogens with one attached hydrogen (secondary N) is 3. The highest BCUT2D eigenvalue weighted by Crippen LogP contribution is 2.59. The molecule has 3 aliphatic carbocycles. The summed E-state index contributed by atoms with van der Waals surface area (Å²) in [4.78, 5) is 60.7. The molecule has 3 saturated carbocycles. The first-order valence-electron chi connectivity index (χ1n) is 20.7. The van der Waals surface area contributed by atoms with Crippen molar-refractivity contribution in [3.8, 4) is 23.1 Å². The van der Waals surface area contributed by atoms with Crippen LogP contribution < -0.4 is 5.32 Å². The maximum atomic E-state index is 13.8. The average Bonchev–Trinajstić information content (AvgIpc) is 3.67. The predicted octanol–water partition coefficient (Wildman–Crippen LogP) is 8.12. The van der Waals surface area contributed by atoms with Gasteiger partial charge in [0.05, 0.1) is 42.1 Å². The van der Waals surface area contributed by atoms with Gasteiger partial charge in [-0.2, -0.15) is 54.0 Å². The van der Waals surface area contributed by atoms with Crippen LogP contribution in [0.3, 0.4) is 0 Å². The summed E-state index contributed by atoms with van der Waals surface area (Å²) in [5.41, 5.74) is 5.90. The average molecular weight is 892 g/mol. The number of likely N-dealkylation sites (tertiary alicyclic amines) is 2. The second-order valence-corrected chi connectivity index (χ2v) is 17.9. The number of carbonyl (C=O) groups excluding carboxylic acids is 3. The van der Waals surface area contributed by atoms with Crippen molar-refractivity contribution >= 4 is 82.9 Å². The van der Waals surface area contributed by atoms with Crippen molar-refractivity contribution in [2.45, 2.75) is 103 Å². The number of ether oxygens (including phenoxy) is 1. The molecular formula is C45H61N7O4S4. The van der Waals surface area contributed by atoms with Crippen LogP contribution in [0.2, 0.25) is 0 Å². The third-order valence-corrected chi connectivity index (χ3v) is 13.7. The van der Waals surface area contributed by atoms with Crippen LogP contribution >= 0.6 is 54.0 Å². The first kappa shape index (κ1) is 47.3. The monoisotopic (exact) mass is 891 g/mol. The highest BCUT2D eigenvalue weighted by atomic mass is 32.1. The van der Waals surface area contributed by atoms with Gasteiger partial charge in [-0.3, -0.25) is 9.59 Å². The molecule has 3 N–H and O–H groups in total. The zero-order valence-corrected chi connectivity index (χ0v) is 39.0. The van der Waals surface area contributed by atoms with E-state index in [1.165, 1.54) is 45.6 Å². The summed E-state index contributed by atoms with van der Waals surface area (Å²) < 4.78 is 4.81. The number of nitrogens with zero attached hydrogens (tertiary/aromatic N) is 4. The number of rotatable bonds is 8. The highest BCUT2D eigenvalue weighted by molar-refractivity contribution is 7.59. The van der Waals surface area contributed by atoms with Gasteiger partial charge in [-0.25, -0.2) is 14.8 Å². The highest BCUT2D eigenvalue weighted by Gasteiger charge is 2.56. The topological polar surface area (TPSA) is 136 Å². The van der Waals surface area contributed by atoms with Crippen molar-refractivity contribution < 1.29 is 19.1 Å². The number of carbonyl (C=O) groups is 3. The molecule has 4 aromatic rings. The van der Waals surface area contributed by atoms with E-state index in [1.807, 2.05) is 61.3 Å². The van der Waals surface area contributed by atoms with Crippen LogP contribution in [-0.4, -0.2) is 73.9 Å². The molecule has 0 radical (unpaired) electrons. The number of methoxy groups -OCH3 is 1. The summed E-state index contributed by atoms with van der Waals surface area (Å²) >= 11 is 0. The summed E-state index contributed by atoms with van der Waals surface area (Å²) in [5.74, 6) is 9.01. The van der Waals surface area contributed by atoms with Crippen LogP contribution in [0.4, 0.5) is 4.79 Å². The molecule has 2 aromatic heterocycles. The number of aromatic amines is 2. The Kier molecular flexibility index (Phi) is 14.8. The van der Waals surface area contributed by atoms with Crippen molar-refractivity contribution in [1.29, 1.82) is 0 Å². The molecular weight excluding hydrogens is 831 g/mol. The SMILES string of the molecule is COC(=O)N[C@H](C(=O)N1CC2(CC2)C[C@H]1c1ncc(-c2ccc(C#Cc3ccc4nc([C@@H]5CC6(CC6)CN5C(=O)[C@@H](C)C5CCCC5)[nH]c4c3)cc2)[nH]1)C(C)C.S.S.S.S. The molecule has 15 heteroatoms. The third-order valence-electron chi connectivity index (χ3n) is 13.7. The Hall–Kier alpha value is -3.71. The zero-order valence-electron chi connectivity index (χ0n) is 35.0. The summed E-state index contributed by atoms with van der Waals surface area (Å²) in [6, 6.07) is 13.3. The molecule has 2 aromatic carbocycles. The van der Waals surface area contributed by atoms with E-state index in [0.29, 0.717) is 18.4 Å². The summed E-state index contributed by atoms with van der Waals surface area (Å²) in [5, 5.41) is 2.75. The normalized spacial score (nSPS) is 21.6. The lowest BCUT2D eigenvalue weighted by molar-refractivity contribution is -0.138. The standard InChI is InChI=1S/C45H53N7O4.4H2S/c1-27(2)38(50-43(55)56-4)42(54)52-26-44(17-18-44)22-36(52)39-46-24-35(49-39)32-14-11-29(12-15-32)9-10-30-13-16-33-34(21-30)48-40(47-33)37-23-45(19-20-45)25-51(37)41(53)28(3)31-7-5-6-8-31;;;;/h11-16,21,24,27-28,31,36-38H,5-8,17-20,22-23,25-26H2,1-4H3,(H,46,49)(H,47,48)(H,50,55);4*1H2/t28-,36-,37-,38-;;;;/m0..../s1. The lowest BCUT2D eigenvalue weighted by Gasteiger charge is -2.30. The van der Waals surface area contributed by atoms with Gasteiger partial charge in [-0.15, -0.1) is 0 Å². The number of H-pyrrole nitrogens is 2. The van der Waals surface area contributed by atoms with Gasteiger partial charge in [-0.1, -0.05) is 57.6 Å². The number of imidazole rings is 2. The van der Waals surface area contributed by atoms with Crippen molar-refractivity contribution in [3.05, 3.63) is 71.4 Å². The Labute approximate surface area is 381 Å². The number of aromatic nitrogens is 4. The quantitative estimate of drug-likeness (QED) is 0.153. The van der Waals surface area contributed by atoms with E-state index < -0.39 is 12.1 Å². The summed E-state index contributed by atoms with van der Waals surface area (Å²) in [7, 11) is 1.31. The molecule has 11 nitrogen and oxygen atoms in total. The van der Waals surface area contributed by atoms with Gasteiger partial charge in [0.2, 0.25) is 11.8 Å². The van der Waals surface area contributed by atoms with E-state index in [-0.39, 0.29) is 94.6 Å². The first-order chi connectivity index (χ1) is 27.0. The van der Waals surface area contributed by atoms with Crippen molar-refractivity contribution in [2.24, 2.45) is 28.6 Å². The molecule has 5 aliphatic rings. The molecule has 9 rings (SSSR count). The fourth-order valence-corrected chi connectivity index (χ4v) is 9.74. The minimum Gasteiger partial charge on any atom is -0.453 e. The molecule has 4 atom stereocenters. The number of amides is 3. The fourth-order valence-electron chi connectivity index (χ4n) is 9.74. The molecule has 5 fully saturated rings. The van der Waals surface area contributed by atoms with Crippen molar-refractivity contribution in [2.75, 3.05) is 20.2 Å². The minimum absolute atomic E-state index is 0. The number of hydrogen-bond donors (Lipinski definition) is 3. The summed E-state index contributed by atoms with van der Waals surface area (Å²) in [6.07, 6.45) is 12.5. The smallest absolute Gasteiger partial charge is 0.407 e. The fraction of sp³-hybridized carbons (Fsp3) is 0.533. The van der Waals surface area contributed by atoms with Crippen LogP contribution in [0.25, 0.3) is 22.3 Å². The predicted molar refractivity (Wildman–Crippen MR) is 254 cm³/mol. The van der Waals surface area contributed by atoms with Crippen LogP contribution in [0.1, 0.15) is 120 Å². The number of benzene rings is 2. The molecule has 324 valence electrons. The lowest BCUT2D eigenvalue weighted by Crippen LogP contribution is -2.51. The van der Waals surface area contributed by atoms with Gasteiger partial charge >= 0.3 is 6.09 Å². The van der Waals surface area contributed by atoms with E-state index in [0.717, 1.165) is 77.3 Å². The Morgan fingerprint density at radius 3 is 1.98 bits per heavy atom. The Morgan fingerprint density at radius 1 is 0.800 bits per heavy atom. The van der Waals surface area contributed by atoms with E-state index in [1.54, 1.807) is 0 Å². The van der Waals surface area contributed by atoms with Gasteiger partial charge in [0.25, 0.3) is 0 Å². The van der Waals surface area contributed by atoms with Gasteiger partial charge in [0.15, 0.2) is 0 Å². The van der Waals surface area contributed by atoms with Crippen molar-refractivity contribution in [3.63, 3.8) is 0 Å². The molecule has 0 unspecified atom stereocenters. The largest absolute Gasteiger partial charge is 0.453 e. The molecule has 3 amide bonds. The van der Waals surface area contributed by atoms with Crippen molar-refractivity contribution in [1.82, 2.24) is 35.1 Å². The Balaban J connectivity index is 0.00000171. The number of hydrogen-bond acceptors (Lipinski definition) is 6. The molecule has 2 spiro atoms. The van der Waals surface area contributed by atoms with Crippen LogP contribution in [0.15, 0.2) is 48.7 Å². The van der Waals surface area contributed by atoms with Gasteiger partial charge < -0.3 is 29.8 Å². The molecule has 60 heavy (non-hydrogen) atoms. The second kappa shape index (κ2) is 18.7. The maximum absolute atomic E-state index is 13.8. The maximum Gasteiger partial charge on any atom is 0.407 e. The third kappa shape index (κ3) is 9.37. The zero-order chi connectivity index (χ0) is 38.8. The molecule has 2 aliphatic heterocycles. The van der Waals surface area contributed by atoms with Crippen LogP contribution in [0, 0.1) is 40.4 Å². The lowest BCUT2D eigenvalue weighted by atomic mass is 9.91.